The first kappa shape index (κ1) is 15.0. The van der Waals surface area contributed by atoms with Gasteiger partial charge in [0.05, 0.1) is 5.92 Å². The van der Waals surface area contributed by atoms with Gasteiger partial charge in [-0.3, -0.25) is 9.59 Å². The normalized spacial score (nSPS) is 13.4. The van der Waals surface area contributed by atoms with Crippen molar-refractivity contribution < 1.29 is 19.1 Å². The van der Waals surface area contributed by atoms with Gasteiger partial charge < -0.3 is 15.2 Å². The van der Waals surface area contributed by atoms with Crippen molar-refractivity contribution in [3.63, 3.8) is 0 Å². The van der Waals surface area contributed by atoms with Crippen molar-refractivity contribution in [2.75, 3.05) is 0 Å². The summed E-state index contributed by atoms with van der Waals surface area (Å²) in [6.07, 6.45) is 0.0318. The molecule has 104 valence electrons. The number of carbonyl (C=O) groups excluding carboxylic acids is 2. The number of rotatable bonds is 6. The van der Waals surface area contributed by atoms with Crippen molar-refractivity contribution in [2.45, 2.75) is 33.3 Å². The van der Waals surface area contributed by atoms with Crippen molar-refractivity contribution in [1.82, 2.24) is 0 Å². The maximum Gasteiger partial charge on any atom is 0.314 e. The zero-order chi connectivity index (χ0) is 14.4. The van der Waals surface area contributed by atoms with E-state index >= 15 is 0 Å². The quantitative estimate of drug-likeness (QED) is 0.629. The van der Waals surface area contributed by atoms with Crippen molar-refractivity contribution in [2.24, 2.45) is 11.7 Å². The van der Waals surface area contributed by atoms with E-state index in [1.807, 2.05) is 13.8 Å². The fraction of sp³-hybridized carbons (Fsp3) is 0.429. The maximum absolute atomic E-state index is 11.6. The van der Waals surface area contributed by atoms with Crippen LogP contribution < -0.4 is 15.2 Å². The van der Waals surface area contributed by atoms with Crippen LogP contribution in [0.2, 0.25) is 0 Å². The Morgan fingerprint density at radius 1 is 1.16 bits per heavy atom. The molecule has 0 aromatic heterocycles. The molecule has 0 heterocycles. The van der Waals surface area contributed by atoms with Crippen LogP contribution in [0.4, 0.5) is 0 Å². The molecule has 0 aliphatic rings. The summed E-state index contributed by atoms with van der Waals surface area (Å²) in [5.74, 6) is 0.0128. The van der Waals surface area contributed by atoms with Crippen LogP contribution in [0.5, 0.6) is 11.5 Å². The van der Waals surface area contributed by atoms with Gasteiger partial charge in [-0.1, -0.05) is 13.8 Å². The Labute approximate surface area is 112 Å². The minimum Gasteiger partial charge on any atom is -0.481 e. The summed E-state index contributed by atoms with van der Waals surface area (Å²) in [5, 5.41) is 0. The molecule has 0 aliphatic heterocycles. The van der Waals surface area contributed by atoms with Crippen LogP contribution in [0, 0.1) is 5.92 Å². The SMILES string of the molecule is CCC(C)C(=O)Oc1ccc(OC(C)C(N)=O)cc1. The van der Waals surface area contributed by atoms with Crippen LogP contribution in [-0.2, 0) is 9.59 Å². The highest BCUT2D eigenvalue weighted by Gasteiger charge is 2.13. The molecular weight excluding hydrogens is 246 g/mol. The van der Waals surface area contributed by atoms with E-state index in [1.165, 1.54) is 0 Å². The van der Waals surface area contributed by atoms with E-state index in [0.29, 0.717) is 11.5 Å². The molecule has 1 aromatic rings. The topological polar surface area (TPSA) is 78.6 Å². The van der Waals surface area contributed by atoms with Crippen LogP contribution in [-0.4, -0.2) is 18.0 Å². The number of primary amides is 1. The van der Waals surface area contributed by atoms with E-state index in [1.54, 1.807) is 31.2 Å². The Balaban J connectivity index is 2.61. The van der Waals surface area contributed by atoms with Gasteiger partial charge in [-0.05, 0) is 37.6 Å². The summed E-state index contributed by atoms with van der Waals surface area (Å²) in [6.45, 7) is 5.31. The van der Waals surface area contributed by atoms with E-state index < -0.39 is 12.0 Å². The molecular formula is C14H19NO4. The number of amides is 1. The number of benzene rings is 1. The van der Waals surface area contributed by atoms with Gasteiger partial charge in [-0.2, -0.15) is 0 Å². The molecule has 5 nitrogen and oxygen atoms in total. The molecule has 0 fully saturated rings. The monoisotopic (exact) mass is 265 g/mol. The number of esters is 1. The first-order valence-corrected chi connectivity index (χ1v) is 6.21. The Hall–Kier alpha value is -2.04. The van der Waals surface area contributed by atoms with E-state index in [2.05, 4.69) is 0 Å². The predicted octanol–water partition coefficient (Wildman–Crippen LogP) is 1.89. The van der Waals surface area contributed by atoms with E-state index in [0.717, 1.165) is 6.42 Å². The van der Waals surface area contributed by atoms with Gasteiger partial charge in [-0.25, -0.2) is 0 Å². The van der Waals surface area contributed by atoms with E-state index in [4.69, 9.17) is 15.2 Å². The molecule has 0 bridgehead atoms. The lowest BCUT2D eigenvalue weighted by Gasteiger charge is -2.12. The van der Waals surface area contributed by atoms with Crippen molar-refractivity contribution in [3.05, 3.63) is 24.3 Å². The molecule has 0 aliphatic carbocycles. The second-order valence-corrected chi connectivity index (χ2v) is 4.36. The van der Waals surface area contributed by atoms with Gasteiger partial charge in [-0.15, -0.1) is 0 Å². The third-order valence-electron chi connectivity index (χ3n) is 2.77. The Bertz CT molecular complexity index is 441. The highest BCUT2D eigenvalue weighted by atomic mass is 16.5. The summed E-state index contributed by atoms with van der Waals surface area (Å²) in [4.78, 5) is 22.4. The number of hydrogen-bond donors (Lipinski definition) is 1. The number of nitrogens with two attached hydrogens (primary N) is 1. The molecule has 2 N–H and O–H groups in total. The Morgan fingerprint density at radius 2 is 1.68 bits per heavy atom. The van der Waals surface area contributed by atoms with Gasteiger partial charge in [0.2, 0.25) is 0 Å². The van der Waals surface area contributed by atoms with Gasteiger partial charge in [0.15, 0.2) is 6.10 Å². The van der Waals surface area contributed by atoms with Gasteiger partial charge in [0.1, 0.15) is 11.5 Å². The molecule has 2 atom stereocenters. The molecule has 0 radical (unpaired) electrons. The highest BCUT2D eigenvalue weighted by Crippen LogP contribution is 2.19. The molecule has 0 spiro atoms. The molecule has 2 unspecified atom stereocenters. The minimum atomic E-state index is -0.700. The zero-order valence-electron chi connectivity index (χ0n) is 11.4. The standard InChI is InChI=1S/C14H19NO4/c1-4-9(2)14(17)19-12-7-5-11(6-8-12)18-10(3)13(15)16/h5-10H,4H2,1-3H3,(H2,15,16). The second-order valence-electron chi connectivity index (χ2n) is 4.36. The van der Waals surface area contributed by atoms with Gasteiger partial charge >= 0.3 is 5.97 Å². The molecule has 1 rings (SSSR count). The maximum atomic E-state index is 11.6. The van der Waals surface area contributed by atoms with E-state index in [-0.39, 0.29) is 11.9 Å². The van der Waals surface area contributed by atoms with Crippen molar-refractivity contribution in [1.29, 1.82) is 0 Å². The number of carbonyl (C=O) groups is 2. The predicted molar refractivity (Wildman–Crippen MR) is 70.8 cm³/mol. The average molecular weight is 265 g/mol. The summed E-state index contributed by atoms with van der Waals surface area (Å²) >= 11 is 0. The first-order chi connectivity index (χ1) is 8.93. The van der Waals surface area contributed by atoms with Gasteiger partial charge in [0.25, 0.3) is 5.91 Å². The third-order valence-corrected chi connectivity index (χ3v) is 2.77. The fourth-order valence-corrected chi connectivity index (χ4v) is 1.23. The summed E-state index contributed by atoms with van der Waals surface area (Å²) in [6, 6.07) is 6.48. The fourth-order valence-electron chi connectivity index (χ4n) is 1.23. The molecule has 1 amide bonds. The highest BCUT2D eigenvalue weighted by molar-refractivity contribution is 5.78. The Morgan fingerprint density at radius 3 is 2.16 bits per heavy atom. The molecule has 5 heteroatoms. The lowest BCUT2D eigenvalue weighted by atomic mass is 10.1. The van der Waals surface area contributed by atoms with E-state index in [9.17, 15) is 9.59 Å². The molecule has 1 aromatic carbocycles. The minimum absolute atomic E-state index is 0.134. The summed E-state index contributed by atoms with van der Waals surface area (Å²) < 4.78 is 10.5. The number of ether oxygens (including phenoxy) is 2. The Kier molecular flexibility index (Phi) is 5.36. The van der Waals surface area contributed by atoms with Crippen LogP contribution in [0.1, 0.15) is 27.2 Å². The number of hydrogen-bond acceptors (Lipinski definition) is 4. The van der Waals surface area contributed by atoms with Crippen LogP contribution in [0.25, 0.3) is 0 Å². The van der Waals surface area contributed by atoms with Gasteiger partial charge in [0, 0.05) is 0 Å². The smallest absolute Gasteiger partial charge is 0.314 e. The van der Waals surface area contributed by atoms with Crippen LogP contribution >= 0.6 is 0 Å². The lowest BCUT2D eigenvalue weighted by Crippen LogP contribution is -2.30. The van der Waals surface area contributed by atoms with Crippen LogP contribution in [0.15, 0.2) is 24.3 Å². The zero-order valence-corrected chi connectivity index (χ0v) is 11.4. The first-order valence-electron chi connectivity index (χ1n) is 6.21. The summed E-state index contributed by atoms with van der Waals surface area (Å²) in [7, 11) is 0. The second kappa shape index (κ2) is 6.78. The molecule has 19 heavy (non-hydrogen) atoms. The largest absolute Gasteiger partial charge is 0.481 e. The molecule has 0 saturated carbocycles. The lowest BCUT2D eigenvalue weighted by molar-refractivity contribution is -0.138. The average Bonchev–Trinajstić information content (AvgIpc) is 2.39. The molecule has 0 saturated heterocycles. The summed E-state index contributed by atoms with van der Waals surface area (Å²) in [5.41, 5.74) is 5.09. The van der Waals surface area contributed by atoms with Crippen molar-refractivity contribution >= 4 is 11.9 Å². The third kappa shape index (κ3) is 4.62. The van der Waals surface area contributed by atoms with Crippen LogP contribution in [0.3, 0.4) is 0 Å². The van der Waals surface area contributed by atoms with Crippen molar-refractivity contribution in [3.8, 4) is 11.5 Å².